The normalized spacial score (nSPS) is 6.00. The van der Waals surface area contributed by atoms with Crippen LogP contribution in [0.4, 0.5) is 0 Å². The van der Waals surface area contributed by atoms with Gasteiger partial charge in [0.15, 0.2) is 0 Å². The fourth-order valence-electron chi connectivity index (χ4n) is 0.383. The molecule has 0 aliphatic carbocycles. The van der Waals surface area contributed by atoms with Gasteiger partial charge in [0.05, 0.1) is 0 Å². The van der Waals surface area contributed by atoms with Crippen molar-refractivity contribution in [2.75, 3.05) is 0 Å². The summed E-state index contributed by atoms with van der Waals surface area (Å²) in [6.45, 7) is 3.68. The summed E-state index contributed by atoms with van der Waals surface area (Å²) in [7, 11) is 0. The van der Waals surface area contributed by atoms with Crippen LogP contribution in [0.15, 0.2) is 24.5 Å². The second-order valence-corrected chi connectivity index (χ2v) is 1.36. The number of halogens is 2. The number of aromatic nitrogens is 1. The molecule has 1 nitrogen and oxygen atoms in total. The zero-order chi connectivity index (χ0) is 5.11. The number of hydrogen-bond acceptors (Lipinski definition) is 1. The van der Waals surface area contributed by atoms with Crippen molar-refractivity contribution >= 4 is 0 Å². The minimum absolute atomic E-state index is 0. The number of hydrogen-bond donors (Lipinski definition) is 0. The van der Waals surface area contributed by atoms with Gasteiger partial charge in [0, 0.05) is 0 Å². The van der Waals surface area contributed by atoms with Crippen LogP contribution in [-0.4, -0.2) is 4.98 Å². The largest absolute Gasteiger partial charge is 2.00 e. The summed E-state index contributed by atoms with van der Waals surface area (Å²) < 4.78 is 0. The van der Waals surface area contributed by atoms with Gasteiger partial charge < -0.3 is 24.8 Å². The molecule has 1 heterocycles. The maximum atomic E-state index is 3.81. The minimum atomic E-state index is 0. The van der Waals surface area contributed by atoms with E-state index in [1.807, 2.05) is 12.1 Å². The van der Waals surface area contributed by atoms with Crippen molar-refractivity contribution in [1.29, 1.82) is 0 Å². The van der Waals surface area contributed by atoms with E-state index >= 15 is 0 Å². The molecule has 0 saturated heterocycles. The Hall–Kier alpha value is 0.288. The van der Waals surface area contributed by atoms with Crippen LogP contribution in [0.1, 0.15) is 5.56 Å². The molecule has 0 unspecified atom stereocenters. The number of nitrogens with zero attached hydrogens (tertiary/aromatic N) is 1. The second-order valence-electron chi connectivity index (χ2n) is 1.36. The van der Waals surface area contributed by atoms with Crippen LogP contribution in [0, 0.1) is 6.92 Å². The first-order valence-corrected chi connectivity index (χ1v) is 2.11. The third-order valence-corrected chi connectivity index (χ3v) is 0.749. The monoisotopic (exact) mass is 357 g/mol. The molecule has 4 heteroatoms. The van der Waals surface area contributed by atoms with Crippen molar-refractivity contribution < 1.29 is 45.9 Å². The van der Waals surface area contributed by atoms with Crippen molar-refractivity contribution in [3.05, 3.63) is 37.0 Å². The van der Waals surface area contributed by atoms with Crippen molar-refractivity contribution in [2.45, 2.75) is 0 Å². The van der Waals surface area contributed by atoms with Crippen LogP contribution in [0.25, 0.3) is 0 Å². The van der Waals surface area contributed by atoms with E-state index in [1.165, 1.54) is 0 Å². The third-order valence-electron chi connectivity index (χ3n) is 0.749. The van der Waals surface area contributed by atoms with Gasteiger partial charge in [-0.2, -0.15) is 12.5 Å². The van der Waals surface area contributed by atoms with Crippen LogP contribution >= 0.6 is 0 Å². The smallest absolute Gasteiger partial charge is 1.00 e. The average molecular weight is 358 g/mol. The first-order valence-electron chi connectivity index (χ1n) is 2.11. The van der Waals surface area contributed by atoms with E-state index in [2.05, 4.69) is 11.9 Å². The fourth-order valence-corrected chi connectivity index (χ4v) is 0.383. The van der Waals surface area contributed by atoms with E-state index in [1.54, 1.807) is 12.4 Å². The van der Waals surface area contributed by atoms with Crippen LogP contribution in [0.5, 0.6) is 0 Å². The molecular formula is C6H6Cl2NPt-. The quantitative estimate of drug-likeness (QED) is 0.425. The maximum absolute atomic E-state index is 3.81. The molecule has 0 aliphatic rings. The van der Waals surface area contributed by atoms with Gasteiger partial charge in [-0.25, -0.2) is 0 Å². The Labute approximate surface area is 87.7 Å². The Bertz CT molecular complexity index is 146. The molecule has 1 rings (SSSR count). The zero-order valence-electron chi connectivity index (χ0n) is 5.04. The predicted octanol–water partition coefficient (Wildman–Crippen LogP) is -4.73. The molecule has 0 bridgehead atoms. The topological polar surface area (TPSA) is 12.9 Å². The Morgan fingerprint density at radius 2 is 1.50 bits per heavy atom. The van der Waals surface area contributed by atoms with Gasteiger partial charge in [0.1, 0.15) is 0 Å². The predicted molar refractivity (Wildman–Crippen MR) is 28.7 cm³/mol. The van der Waals surface area contributed by atoms with E-state index in [9.17, 15) is 0 Å². The summed E-state index contributed by atoms with van der Waals surface area (Å²) in [6, 6.07) is 3.72. The standard InChI is InChI=1S/C6H6N.2ClH.Pt/c1-6-2-4-7-5-3-6;;;/h2-5H,1H2;2*1H;/q-1;;;+2/p-2. The second kappa shape index (κ2) is 9.29. The molecule has 0 N–H and O–H groups in total. The van der Waals surface area contributed by atoms with Gasteiger partial charge in [0.25, 0.3) is 0 Å². The van der Waals surface area contributed by atoms with Gasteiger partial charge in [-0.15, -0.1) is 12.1 Å². The zero-order valence-corrected chi connectivity index (χ0v) is 8.82. The van der Waals surface area contributed by atoms with Crippen LogP contribution in [0.3, 0.4) is 0 Å². The molecule has 0 amide bonds. The van der Waals surface area contributed by atoms with Crippen molar-refractivity contribution in [1.82, 2.24) is 4.98 Å². The summed E-state index contributed by atoms with van der Waals surface area (Å²) in [5, 5.41) is 0. The summed E-state index contributed by atoms with van der Waals surface area (Å²) >= 11 is 0. The molecule has 0 fully saturated rings. The third kappa shape index (κ3) is 6.41. The van der Waals surface area contributed by atoms with Crippen molar-refractivity contribution in [3.8, 4) is 0 Å². The molecule has 0 spiro atoms. The molecule has 10 heavy (non-hydrogen) atoms. The molecule has 60 valence electrons. The van der Waals surface area contributed by atoms with Crippen LogP contribution in [-0.2, 0) is 21.1 Å². The molecule has 1 aromatic rings. The number of rotatable bonds is 0. The summed E-state index contributed by atoms with van der Waals surface area (Å²) in [6.07, 6.45) is 3.45. The Kier molecular flexibility index (Phi) is 15.5. The summed E-state index contributed by atoms with van der Waals surface area (Å²) in [5.41, 5.74) is 1.01. The van der Waals surface area contributed by atoms with Gasteiger partial charge in [0.2, 0.25) is 0 Å². The van der Waals surface area contributed by atoms with Crippen LogP contribution in [0.2, 0.25) is 0 Å². The molecular weight excluding hydrogens is 352 g/mol. The van der Waals surface area contributed by atoms with E-state index in [0.29, 0.717) is 0 Å². The SMILES string of the molecule is [CH2-]c1ccncc1.[Cl-].[Cl-].[Pt+2]. The molecule has 0 aliphatic heterocycles. The molecule has 0 atom stereocenters. The Morgan fingerprint density at radius 1 is 1.10 bits per heavy atom. The Morgan fingerprint density at radius 3 is 1.70 bits per heavy atom. The van der Waals surface area contributed by atoms with Gasteiger partial charge in [-0.1, -0.05) is 0 Å². The van der Waals surface area contributed by atoms with E-state index in [-0.39, 0.29) is 45.9 Å². The molecule has 0 aromatic carbocycles. The van der Waals surface area contributed by atoms with Gasteiger partial charge in [-0.3, -0.25) is 4.98 Å². The maximum Gasteiger partial charge on any atom is 2.00 e. The van der Waals surface area contributed by atoms with E-state index in [0.717, 1.165) is 5.56 Å². The van der Waals surface area contributed by atoms with Gasteiger partial charge >= 0.3 is 21.1 Å². The van der Waals surface area contributed by atoms with Crippen molar-refractivity contribution in [3.63, 3.8) is 0 Å². The summed E-state index contributed by atoms with van der Waals surface area (Å²) in [5.74, 6) is 0. The number of pyridine rings is 1. The van der Waals surface area contributed by atoms with Gasteiger partial charge in [-0.05, 0) is 12.4 Å². The summed E-state index contributed by atoms with van der Waals surface area (Å²) in [4.78, 5) is 3.81. The average Bonchev–Trinajstić information content (AvgIpc) is 1.69. The first-order chi connectivity index (χ1) is 3.39. The Balaban J connectivity index is -0.000000163. The molecule has 0 saturated carbocycles. The van der Waals surface area contributed by atoms with Crippen LogP contribution < -0.4 is 24.8 Å². The fraction of sp³-hybridized carbons (Fsp3) is 0. The van der Waals surface area contributed by atoms with Crippen molar-refractivity contribution in [2.24, 2.45) is 0 Å². The first kappa shape index (κ1) is 16.7. The van der Waals surface area contributed by atoms with E-state index < -0.39 is 0 Å². The molecule has 1 aromatic heterocycles. The van der Waals surface area contributed by atoms with E-state index in [4.69, 9.17) is 0 Å². The molecule has 0 radical (unpaired) electrons. The minimum Gasteiger partial charge on any atom is -1.00 e.